The number of hydrogen-bond acceptors (Lipinski definition) is 4. The number of rotatable bonds is 6. The monoisotopic (exact) mass is 229 g/mol. The molecule has 0 bridgehead atoms. The SMILES string of the molecule is c1cnc(OCCCCc2ccncc2)nc1. The van der Waals surface area contributed by atoms with Gasteiger partial charge in [0.1, 0.15) is 0 Å². The van der Waals surface area contributed by atoms with E-state index >= 15 is 0 Å². The van der Waals surface area contributed by atoms with E-state index in [0.29, 0.717) is 12.6 Å². The summed E-state index contributed by atoms with van der Waals surface area (Å²) in [6, 6.07) is 6.31. The van der Waals surface area contributed by atoms with Gasteiger partial charge in [-0.3, -0.25) is 4.98 Å². The summed E-state index contributed by atoms with van der Waals surface area (Å²) in [6.45, 7) is 0.662. The van der Waals surface area contributed by atoms with Gasteiger partial charge in [0.25, 0.3) is 0 Å². The molecule has 0 saturated carbocycles. The Labute approximate surface area is 101 Å². The quantitative estimate of drug-likeness (QED) is 0.713. The largest absolute Gasteiger partial charge is 0.463 e. The minimum absolute atomic E-state index is 0.455. The number of hydrogen-bond donors (Lipinski definition) is 0. The maximum absolute atomic E-state index is 5.41. The predicted molar refractivity (Wildman–Crippen MR) is 64.7 cm³/mol. The summed E-state index contributed by atoms with van der Waals surface area (Å²) >= 11 is 0. The zero-order valence-corrected chi connectivity index (χ0v) is 9.62. The van der Waals surface area contributed by atoms with Gasteiger partial charge in [-0.25, -0.2) is 9.97 Å². The Morgan fingerprint density at radius 3 is 2.47 bits per heavy atom. The topological polar surface area (TPSA) is 47.9 Å². The summed E-state index contributed by atoms with van der Waals surface area (Å²) in [5, 5.41) is 0. The fourth-order valence-corrected chi connectivity index (χ4v) is 1.50. The molecular formula is C13H15N3O. The number of nitrogens with zero attached hydrogens (tertiary/aromatic N) is 3. The van der Waals surface area contributed by atoms with Gasteiger partial charge in [-0.2, -0.15) is 0 Å². The first kappa shape index (κ1) is 11.5. The average Bonchev–Trinajstić information content (AvgIpc) is 2.41. The van der Waals surface area contributed by atoms with Crippen LogP contribution in [-0.4, -0.2) is 21.6 Å². The normalized spacial score (nSPS) is 10.1. The van der Waals surface area contributed by atoms with E-state index in [9.17, 15) is 0 Å². The molecule has 4 nitrogen and oxygen atoms in total. The molecule has 0 fully saturated rings. The summed E-state index contributed by atoms with van der Waals surface area (Å²) in [7, 11) is 0. The first-order chi connectivity index (χ1) is 8.45. The van der Waals surface area contributed by atoms with Gasteiger partial charge in [0.2, 0.25) is 0 Å². The number of unbranched alkanes of at least 4 members (excludes halogenated alkanes) is 1. The maximum atomic E-state index is 5.41. The number of pyridine rings is 1. The van der Waals surface area contributed by atoms with E-state index in [1.807, 2.05) is 24.5 Å². The van der Waals surface area contributed by atoms with Crippen LogP contribution in [0.1, 0.15) is 18.4 Å². The number of ether oxygens (including phenoxy) is 1. The van der Waals surface area contributed by atoms with Gasteiger partial charge in [-0.05, 0) is 43.0 Å². The third-order valence-electron chi connectivity index (χ3n) is 2.38. The Morgan fingerprint density at radius 1 is 0.941 bits per heavy atom. The molecule has 2 aromatic heterocycles. The van der Waals surface area contributed by atoms with Crippen molar-refractivity contribution in [3.63, 3.8) is 0 Å². The zero-order chi connectivity index (χ0) is 11.8. The van der Waals surface area contributed by atoms with Crippen molar-refractivity contribution in [2.24, 2.45) is 0 Å². The molecule has 0 amide bonds. The molecule has 0 spiro atoms. The lowest BCUT2D eigenvalue weighted by atomic mass is 10.1. The minimum Gasteiger partial charge on any atom is -0.463 e. The van der Waals surface area contributed by atoms with Crippen molar-refractivity contribution in [2.45, 2.75) is 19.3 Å². The van der Waals surface area contributed by atoms with Crippen LogP contribution in [0.3, 0.4) is 0 Å². The molecular weight excluding hydrogens is 214 g/mol. The zero-order valence-electron chi connectivity index (χ0n) is 9.62. The van der Waals surface area contributed by atoms with E-state index in [4.69, 9.17) is 4.74 Å². The van der Waals surface area contributed by atoms with Crippen LogP contribution in [0.15, 0.2) is 43.0 Å². The molecule has 2 heterocycles. The summed E-state index contributed by atoms with van der Waals surface area (Å²) in [4.78, 5) is 12.0. The molecule has 0 aliphatic carbocycles. The first-order valence-electron chi connectivity index (χ1n) is 5.74. The molecule has 2 aromatic rings. The molecule has 4 heteroatoms. The molecule has 0 aliphatic rings. The Bertz CT molecular complexity index is 378. The molecule has 88 valence electrons. The van der Waals surface area contributed by atoms with Crippen molar-refractivity contribution >= 4 is 0 Å². The Hall–Kier alpha value is -1.97. The Balaban J connectivity index is 1.61. The van der Waals surface area contributed by atoms with Gasteiger partial charge in [-0.1, -0.05) is 0 Å². The summed E-state index contributed by atoms with van der Waals surface area (Å²) < 4.78 is 5.41. The van der Waals surface area contributed by atoms with E-state index in [1.165, 1.54) is 5.56 Å². The van der Waals surface area contributed by atoms with E-state index < -0.39 is 0 Å². The lowest BCUT2D eigenvalue weighted by molar-refractivity contribution is 0.283. The van der Waals surface area contributed by atoms with Crippen molar-refractivity contribution < 1.29 is 4.74 Å². The van der Waals surface area contributed by atoms with Crippen molar-refractivity contribution in [3.8, 4) is 6.01 Å². The summed E-state index contributed by atoms with van der Waals surface area (Å²) in [5.41, 5.74) is 1.32. The van der Waals surface area contributed by atoms with E-state index in [2.05, 4.69) is 15.0 Å². The summed E-state index contributed by atoms with van der Waals surface area (Å²) in [5.74, 6) is 0. The highest BCUT2D eigenvalue weighted by Gasteiger charge is 1.96. The fraction of sp³-hybridized carbons (Fsp3) is 0.308. The molecule has 0 aliphatic heterocycles. The van der Waals surface area contributed by atoms with Crippen LogP contribution >= 0.6 is 0 Å². The molecule has 0 aromatic carbocycles. The number of aromatic nitrogens is 3. The predicted octanol–water partition coefficient (Wildman–Crippen LogP) is 2.27. The molecule has 0 atom stereocenters. The van der Waals surface area contributed by atoms with Crippen LogP contribution in [-0.2, 0) is 6.42 Å². The molecule has 0 N–H and O–H groups in total. The van der Waals surface area contributed by atoms with Gasteiger partial charge in [0.05, 0.1) is 6.61 Å². The molecule has 0 saturated heterocycles. The van der Waals surface area contributed by atoms with Crippen LogP contribution < -0.4 is 4.74 Å². The third kappa shape index (κ3) is 4.18. The summed E-state index contributed by atoms with van der Waals surface area (Å²) in [6.07, 6.45) is 10.2. The highest BCUT2D eigenvalue weighted by molar-refractivity contribution is 5.09. The third-order valence-corrected chi connectivity index (χ3v) is 2.38. The van der Waals surface area contributed by atoms with Gasteiger partial charge in [-0.15, -0.1) is 0 Å². The van der Waals surface area contributed by atoms with Crippen LogP contribution in [0.25, 0.3) is 0 Å². The van der Waals surface area contributed by atoms with Crippen molar-refractivity contribution in [3.05, 3.63) is 48.5 Å². The number of aryl methyl sites for hydroxylation is 1. The smallest absolute Gasteiger partial charge is 0.316 e. The second-order valence-electron chi connectivity index (χ2n) is 3.69. The van der Waals surface area contributed by atoms with Crippen molar-refractivity contribution in [1.29, 1.82) is 0 Å². The standard InChI is InChI=1S/C13H15N3O/c1(4-12-5-9-14-10-6-12)2-11-17-13-15-7-3-8-16-13/h3,5-10H,1-2,4,11H2. The van der Waals surface area contributed by atoms with Crippen molar-refractivity contribution in [2.75, 3.05) is 6.61 Å². The van der Waals surface area contributed by atoms with Crippen LogP contribution in [0.4, 0.5) is 0 Å². The molecule has 0 radical (unpaired) electrons. The maximum Gasteiger partial charge on any atom is 0.316 e. The second kappa shape index (κ2) is 6.58. The second-order valence-corrected chi connectivity index (χ2v) is 3.69. The lowest BCUT2D eigenvalue weighted by Gasteiger charge is -2.03. The van der Waals surface area contributed by atoms with Crippen LogP contribution in [0, 0.1) is 0 Å². The highest BCUT2D eigenvalue weighted by Crippen LogP contribution is 2.04. The average molecular weight is 229 g/mol. The molecule has 2 rings (SSSR count). The van der Waals surface area contributed by atoms with Gasteiger partial charge < -0.3 is 4.74 Å². The van der Waals surface area contributed by atoms with Gasteiger partial charge in [0.15, 0.2) is 0 Å². The van der Waals surface area contributed by atoms with E-state index in [-0.39, 0.29) is 0 Å². The van der Waals surface area contributed by atoms with E-state index in [0.717, 1.165) is 19.3 Å². The highest BCUT2D eigenvalue weighted by atomic mass is 16.5. The molecule has 0 unspecified atom stereocenters. The van der Waals surface area contributed by atoms with Gasteiger partial charge in [0, 0.05) is 24.8 Å². The lowest BCUT2D eigenvalue weighted by Crippen LogP contribution is -2.01. The van der Waals surface area contributed by atoms with Gasteiger partial charge >= 0.3 is 6.01 Å². The molecule has 17 heavy (non-hydrogen) atoms. The van der Waals surface area contributed by atoms with Crippen LogP contribution in [0.2, 0.25) is 0 Å². The van der Waals surface area contributed by atoms with Crippen molar-refractivity contribution in [1.82, 2.24) is 15.0 Å². The Kier molecular flexibility index (Phi) is 4.45. The first-order valence-corrected chi connectivity index (χ1v) is 5.74. The van der Waals surface area contributed by atoms with Crippen LogP contribution in [0.5, 0.6) is 6.01 Å². The fourth-order valence-electron chi connectivity index (χ4n) is 1.50. The Morgan fingerprint density at radius 2 is 1.71 bits per heavy atom. The van der Waals surface area contributed by atoms with E-state index in [1.54, 1.807) is 18.5 Å². The minimum atomic E-state index is 0.455.